The van der Waals surface area contributed by atoms with Crippen LogP contribution < -0.4 is 4.73 Å². The van der Waals surface area contributed by atoms with E-state index in [0.717, 1.165) is 0 Å². The molecule has 0 aliphatic heterocycles. The van der Waals surface area contributed by atoms with Crippen molar-refractivity contribution in [3.05, 3.63) is 76.8 Å². The lowest BCUT2D eigenvalue weighted by molar-refractivity contribution is -0.580. The number of hydrogen-bond donors (Lipinski definition) is 0. The second-order valence-corrected chi connectivity index (χ2v) is 6.15. The number of carbonyl (C=O) groups is 2. The molecule has 1 heterocycles. The van der Waals surface area contributed by atoms with Gasteiger partial charge in [0.2, 0.25) is 5.52 Å². The fraction of sp³-hybridized carbons (Fsp3) is 0.200. The number of rotatable bonds is 5. The van der Waals surface area contributed by atoms with E-state index >= 15 is 0 Å². The van der Waals surface area contributed by atoms with E-state index in [0.29, 0.717) is 15.8 Å². The number of nitrogens with zero attached hydrogens (tertiary/aromatic N) is 2. The number of para-hydroxylation sites is 2. The molecule has 26 heavy (non-hydrogen) atoms. The van der Waals surface area contributed by atoms with Gasteiger partial charge in [0, 0.05) is 11.6 Å². The van der Waals surface area contributed by atoms with Crippen molar-refractivity contribution in [2.75, 3.05) is 0 Å². The maximum atomic E-state index is 12.9. The minimum atomic E-state index is -0.463. The predicted octanol–water partition coefficient (Wildman–Crippen LogP) is 2.80. The van der Waals surface area contributed by atoms with Gasteiger partial charge >= 0.3 is 5.97 Å². The number of aromatic nitrogens is 2. The van der Waals surface area contributed by atoms with Crippen molar-refractivity contribution < 1.29 is 19.1 Å². The Balaban J connectivity index is 2.11. The van der Waals surface area contributed by atoms with Crippen LogP contribution in [-0.4, -0.2) is 16.7 Å². The molecule has 0 aliphatic carbocycles. The molecular formula is C20H18N2O4. The molecular weight excluding hydrogens is 332 g/mol. The lowest BCUT2D eigenvalue weighted by Gasteiger charge is -2.12. The van der Waals surface area contributed by atoms with Crippen molar-refractivity contribution in [3.8, 4) is 0 Å². The standard InChI is InChI=1S/C20H18N2O4/c1-13(2)20(24)26-12-16-18(19(23)14-8-4-3-5-9-14)22(25)17-11-7-6-10-15(17)21-16/h3-11,13H,12H2,1-2H3. The molecule has 6 nitrogen and oxygen atoms in total. The van der Waals surface area contributed by atoms with Crippen LogP contribution in [0.2, 0.25) is 0 Å². The van der Waals surface area contributed by atoms with E-state index in [1.165, 1.54) is 0 Å². The highest BCUT2D eigenvalue weighted by atomic mass is 16.5. The fourth-order valence-corrected chi connectivity index (χ4v) is 2.52. The van der Waals surface area contributed by atoms with Crippen LogP contribution in [0.25, 0.3) is 11.0 Å². The molecule has 6 heteroatoms. The maximum absolute atomic E-state index is 12.9. The van der Waals surface area contributed by atoms with Crippen molar-refractivity contribution in [1.82, 2.24) is 4.98 Å². The van der Waals surface area contributed by atoms with Crippen LogP contribution >= 0.6 is 0 Å². The van der Waals surface area contributed by atoms with Gasteiger partial charge in [-0.3, -0.25) is 9.59 Å². The third kappa shape index (κ3) is 3.39. The van der Waals surface area contributed by atoms with Gasteiger partial charge in [0.05, 0.1) is 5.92 Å². The first-order valence-electron chi connectivity index (χ1n) is 8.26. The van der Waals surface area contributed by atoms with Gasteiger partial charge in [0.1, 0.15) is 12.1 Å². The molecule has 132 valence electrons. The minimum Gasteiger partial charge on any atom is -0.618 e. The minimum absolute atomic E-state index is 0.133. The molecule has 0 amide bonds. The fourth-order valence-electron chi connectivity index (χ4n) is 2.52. The second kappa shape index (κ2) is 7.31. The summed E-state index contributed by atoms with van der Waals surface area (Å²) in [7, 11) is 0. The van der Waals surface area contributed by atoms with Crippen molar-refractivity contribution in [1.29, 1.82) is 0 Å². The topological polar surface area (TPSA) is 83.2 Å². The number of ether oxygens (including phenoxy) is 1. The zero-order valence-electron chi connectivity index (χ0n) is 14.5. The Morgan fingerprint density at radius 3 is 2.42 bits per heavy atom. The number of ketones is 1. The summed E-state index contributed by atoms with van der Waals surface area (Å²) in [6, 6.07) is 15.2. The largest absolute Gasteiger partial charge is 0.618 e. The van der Waals surface area contributed by atoms with Gasteiger partial charge < -0.3 is 9.94 Å². The highest BCUT2D eigenvalue weighted by Gasteiger charge is 2.28. The lowest BCUT2D eigenvalue weighted by Crippen LogP contribution is -2.38. The van der Waals surface area contributed by atoms with Gasteiger partial charge in [-0.05, 0) is 6.07 Å². The van der Waals surface area contributed by atoms with Crippen molar-refractivity contribution in [2.24, 2.45) is 5.92 Å². The summed E-state index contributed by atoms with van der Waals surface area (Å²) in [4.78, 5) is 29.1. The molecule has 0 unspecified atom stereocenters. The Morgan fingerprint density at radius 2 is 1.73 bits per heavy atom. The van der Waals surface area contributed by atoms with Crippen LogP contribution in [-0.2, 0) is 16.1 Å². The number of esters is 1. The summed E-state index contributed by atoms with van der Waals surface area (Å²) in [5.74, 6) is -1.20. The smallest absolute Gasteiger partial charge is 0.308 e. The maximum Gasteiger partial charge on any atom is 0.308 e. The Bertz CT molecular complexity index is 968. The third-order valence-corrected chi connectivity index (χ3v) is 3.91. The van der Waals surface area contributed by atoms with Gasteiger partial charge in [-0.2, -0.15) is 4.73 Å². The van der Waals surface area contributed by atoms with Crippen molar-refractivity contribution in [3.63, 3.8) is 0 Å². The quantitative estimate of drug-likeness (QED) is 0.306. The zero-order chi connectivity index (χ0) is 18.7. The van der Waals surface area contributed by atoms with Gasteiger partial charge in [-0.15, -0.1) is 0 Å². The second-order valence-electron chi connectivity index (χ2n) is 6.15. The number of hydrogen-bond acceptors (Lipinski definition) is 5. The average Bonchev–Trinajstić information content (AvgIpc) is 2.66. The van der Waals surface area contributed by atoms with Crippen molar-refractivity contribution >= 4 is 22.8 Å². The number of benzene rings is 2. The molecule has 2 aromatic carbocycles. The van der Waals surface area contributed by atoms with Gasteiger partial charge in [-0.25, -0.2) is 4.98 Å². The first-order chi connectivity index (χ1) is 12.5. The van der Waals surface area contributed by atoms with Crippen LogP contribution in [0.4, 0.5) is 0 Å². The molecule has 0 aliphatic rings. The van der Waals surface area contributed by atoms with E-state index in [-0.39, 0.29) is 29.4 Å². The van der Waals surface area contributed by atoms with E-state index in [2.05, 4.69) is 4.98 Å². The molecule has 3 rings (SSSR count). The molecule has 3 aromatic rings. The Kier molecular flexibility index (Phi) is 4.93. The SMILES string of the molecule is CC(C)C(=O)OCc1nc2ccccc2[n+]([O-])c1C(=O)c1ccccc1. The van der Waals surface area contributed by atoms with Gasteiger partial charge in [0.15, 0.2) is 5.69 Å². The molecule has 0 atom stereocenters. The van der Waals surface area contributed by atoms with E-state index in [9.17, 15) is 14.8 Å². The highest BCUT2D eigenvalue weighted by molar-refractivity contribution is 6.07. The Hall–Kier alpha value is -3.28. The summed E-state index contributed by atoms with van der Waals surface area (Å²) < 4.78 is 5.78. The van der Waals surface area contributed by atoms with E-state index in [4.69, 9.17) is 4.74 Å². The Morgan fingerprint density at radius 1 is 1.08 bits per heavy atom. The molecule has 0 saturated carbocycles. The van der Waals surface area contributed by atoms with Crippen LogP contribution in [0.15, 0.2) is 54.6 Å². The summed E-state index contributed by atoms with van der Waals surface area (Å²) in [5.41, 5.74) is 1.09. The zero-order valence-corrected chi connectivity index (χ0v) is 14.5. The normalized spacial score (nSPS) is 10.9. The Labute approximate surface area is 150 Å². The first-order valence-corrected chi connectivity index (χ1v) is 8.26. The molecule has 0 saturated heterocycles. The van der Waals surface area contributed by atoms with Gasteiger partial charge in [-0.1, -0.05) is 56.3 Å². The first kappa shape index (κ1) is 17.5. The highest BCUT2D eigenvalue weighted by Crippen LogP contribution is 2.16. The lowest BCUT2D eigenvalue weighted by atomic mass is 10.1. The molecule has 0 spiro atoms. The molecule has 0 bridgehead atoms. The predicted molar refractivity (Wildman–Crippen MR) is 95.2 cm³/mol. The average molecular weight is 350 g/mol. The summed E-state index contributed by atoms with van der Waals surface area (Å²) >= 11 is 0. The van der Waals surface area contributed by atoms with E-state index < -0.39 is 11.8 Å². The van der Waals surface area contributed by atoms with Crippen LogP contribution in [0.3, 0.4) is 0 Å². The summed E-state index contributed by atoms with van der Waals surface area (Å²) in [5, 5.41) is 12.9. The number of fused-ring (bicyclic) bond motifs is 1. The third-order valence-electron chi connectivity index (χ3n) is 3.91. The monoisotopic (exact) mass is 350 g/mol. The van der Waals surface area contributed by atoms with Crippen LogP contribution in [0.1, 0.15) is 35.6 Å². The molecule has 0 fully saturated rings. The summed E-state index contributed by atoms with van der Waals surface area (Å²) in [6.45, 7) is 3.18. The van der Waals surface area contributed by atoms with Gasteiger partial charge in [0.25, 0.3) is 11.5 Å². The van der Waals surface area contributed by atoms with Crippen LogP contribution in [0, 0.1) is 11.1 Å². The van der Waals surface area contributed by atoms with Crippen LogP contribution in [0.5, 0.6) is 0 Å². The van der Waals surface area contributed by atoms with Crippen molar-refractivity contribution in [2.45, 2.75) is 20.5 Å². The summed E-state index contributed by atoms with van der Waals surface area (Å²) in [6.07, 6.45) is 0. The molecule has 0 radical (unpaired) electrons. The number of carbonyl (C=O) groups excluding carboxylic acids is 2. The van der Waals surface area contributed by atoms with E-state index in [1.807, 2.05) is 0 Å². The molecule has 0 N–H and O–H groups in total. The van der Waals surface area contributed by atoms with E-state index in [1.54, 1.807) is 68.4 Å². The molecule has 1 aromatic heterocycles.